The van der Waals surface area contributed by atoms with Gasteiger partial charge in [0.25, 0.3) is 11.5 Å². The molecular formula is C52H69N13O10. The molecule has 23 heteroatoms. The Kier molecular flexibility index (Phi) is 22.9. The topological polar surface area (TPSA) is 319 Å². The second-order valence-corrected chi connectivity index (χ2v) is 17.9. The number of amides is 4. The van der Waals surface area contributed by atoms with Crippen LogP contribution in [0, 0.1) is 5.92 Å². The number of aromatic nitrogens is 5. The zero-order valence-electron chi connectivity index (χ0n) is 42.4. The number of benzene rings is 2. The number of H-pyrrole nitrogens is 1. The van der Waals surface area contributed by atoms with E-state index in [0.29, 0.717) is 102 Å². The van der Waals surface area contributed by atoms with E-state index in [1.165, 1.54) is 6.20 Å². The number of nitrogen functional groups attached to an aromatic ring is 1. The Bertz CT molecular complexity index is 2690. The molecule has 2 unspecified atom stereocenters. The van der Waals surface area contributed by atoms with Crippen LogP contribution in [0.15, 0.2) is 77.9 Å². The lowest BCUT2D eigenvalue weighted by Crippen LogP contribution is -2.47. The number of carbonyl (C=O) groups excluding carboxylic acids is 4. The second kappa shape index (κ2) is 30.4. The van der Waals surface area contributed by atoms with E-state index in [9.17, 15) is 33.9 Å². The highest BCUT2D eigenvalue weighted by Gasteiger charge is 2.31. The van der Waals surface area contributed by atoms with Crippen molar-refractivity contribution in [3.8, 4) is 5.75 Å². The lowest BCUT2D eigenvalue weighted by molar-refractivity contribution is -0.144. The van der Waals surface area contributed by atoms with Crippen LogP contribution in [-0.2, 0) is 48.2 Å². The Balaban J connectivity index is 0.950. The number of fused-ring (bicyclic) bond motifs is 2. The van der Waals surface area contributed by atoms with Crippen molar-refractivity contribution < 1.29 is 43.3 Å². The van der Waals surface area contributed by atoms with Crippen LogP contribution < -0.4 is 47.9 Å². The van der Waals surface area contributed by atoms with Gasteiger partial charge in [0.05, 0.1) is 37.4 Å². The number of carboxylic acids is 1. The van der Waals surface area contributed by atoms with Crippen LogP contribution in [0.3, 0.4) is 0 Å². The van der Waals surface area contributed by atoms with E-state index < -0.39 is 35.3 Å². The zero-order valence-corrected chi connectivity index (χ0v) is 42.4. The number of carbonyl (C=O) groups is 5. The summed E-state index contributed by atoms with van der Waals surface area (Å²) in [7, 11) is 1.88. The highest BCUT2D eigenvalue weighted by molar-refractivity contribution is 5.98. The normalized spacial score (nSPS) is 13.6. The molecule has 0 spiro atoms. The number of ether oxygens (including phenoxy) is 3. The van der Waals surface area contributed by atoms with Gasteiger partial charge in [-0.05, 0) is 118 Å². The van der Waals surface area contributed by atoms with Crippen LogP contribution in [0.25, 0.3) is 11.2 Å². The summed E-state index contributed by atoms with van der Waals surface area (Å²) >= 11 is 0. The highest BCUT2D eigenvalue weighted by atomic mass is 16.5. The maximum absolute atomic E-state index is 13.7. The molecule has 4 heterocycles. The number of nitrogens with one attached hydrogen (secondary N) is 7. The Hall–Kier alpha value is -7.76. The molecule has 0 radical (unpaired) electrons. The molecule has 0 aliphatic carbocycles. The summed E-state index contributed by atoms with van der Waals surface area (Å²) in [5.41, 5.74) is 8.51. The minimum atomic E-state index is -1.04. The van der Waals surface area contributed by atoms with Crippen molar-refractivity contribution in [2.75, 3.05) is 89.2 Å². The van der Waals surface area contributed by atoms with Gasteiger partial charge in [-0.15, -0.1) is 0 Å². The lowest BCUT2D eigenvalue weighted by Gasteiger charge is -2.24. The SMILES string of the molecule is CNCCCOCCCNC(=O)CCC(NC(=O)c1ccc(NCc2cnc3nc(N)[nH]c(=O)c3n2)cc1)C(=O)NCCCOCCCN1Cc2cc(OCCCNc3ccccn3)ccc2CC(CC(=O)O)C1=O. The van der Waals surface area contributed by atoms with Crippen molar-refractivity contribution in [3.63, 3.8) is 0 Å². The number of carboxylic acid groups (broad SMARTS) is 1. The molecule has 4 amide bonds. The Morgan fingerprint density at radius 1 is 0.840 bits per heavy atom. The van der Waals surface area contributed by atoms with Gasteiger partial charge in [0.15, 0.2) is 11.2 Å². The minimum absolute atomic E-state index is 0.0107. The van der Waals surface area contributed by atoms with Gasteiger partial charge in [0.2, 0.25) is 23.7 Å². The summed E-state index contributed by atoms with van der Waals surface area (Å²) in [6.07, 6.45) is 6.48. The third kappa shape index (κ3) is 19.2. The predicted molar refractivity (Wildman–Crippen MR) is 281 cm³/mol. The van der Waals surface area contributed by atoms with Crippen molar-refractivity contribution >= 4 is 58.2 Å². The average Bonchev–Trinajstić information content (AvgIpc) is 3.52. The Morgan fingerprint density at radius 3 is 2.33 bits per heavy atom. The van der Waals surface area contributed by atoms with E-state index in [-0.39, 0.29) is 66.8 Å². The molecule has 6 rings (SSSR count). The fraction of sp³-hybridized carbons (Fsp3) is 0.462. The van der Waals surface area contributed by atoms with Gasteiger partial charge >= 0.3 is 5.97 Å². The van der Waals surface area contributed by atoms with Gasteiger partial charge in [0, 0.05) is 83.0 Å². The van der Waals surface area contributed by atoms with E-state index in [4.69, 9.17) is 19.9 Å². The van der Waals surface area contributed by atoms with Crippen molar-refractivity contribution in [2.45, 2.75) is 76.9 Å². The zero-order chi connectivity index (χ0) is 53.2. The Labute approximate surface area is 434 Å². The molecule has 23 nitrogen and oxygen atoms in total. The fourth-order valence-electron chi connectivity index (χ4n) is 8.12. The number of anilines is 3. The molecule has 0 bridgehead atoms. The first-order valence-corrected chi connectivity index (χ1v) is 25.4. The van der Waals surface area contributed by atoms with Gasteiger partial charge in [-0.1, -0.05) is 12.1 Å². The smallest absolute Gasteiger partial charge is 0.304 e. The third-order valence-electron chi connectivity index (χ3n) is 12.0. The molecule has 1 aliphatic heterocycles. The second-order valence-electron chi connectivity index (χ2n) is 17.9. The number of hydrogen-bond donors (Lipinski definition) is 9. The van der Waals surface area contributed by atoms with Crippen LogP contribution >= 0.6 is 0 Å². The summed E-state index contributed by atoms with van der Waals surface area (Å²) in [5, 5.41) is 27.6. The number of rotatable bonds is 33. The molecule has 3 aromatic heterocycles. The van der Waals surface area contributed by atoms with E-state index in [2.05, 4.69) is 56.8 Å². The van der Waals surface area contributed by atoms with Crippen LogP contribution in [0.2, 0.25) is 0 Å². The molecule has 2 atom stereocenters. The molecule has 2 aromatic carbocycles. The monoisotopic (exact) mass is 1040 g/mol. The van der Waals surface area contributed by atoms with Gasteiger partial charge in [-0.2, -0.15) is 4.98 Å². The first kappa shape index (κ1) is 56.5. The molecule has 0 saturated heterocycles. The van der Waals surface area contributed by atoms with Crippen molar-refractivity contribution in [1.82, 2.24) is 51.1 Å². The standard InChI is InChI=1S/C52H69N13O10/c1-54-18-4-24-73-25-5-21-57-44(66)17-16-42(62-48(69)35-10-13-39(14-11-35)59-32-40-33-60-47-46(61-40)50(71)64-52(53)63-47)49(70)58-22-6-26-74-27-8-23-65-34-38-30-41(75-28-7-20-56-43-9-2-3-19-55-43)15-12-36(38)29-37(51(65)72)31-45(67)68/h2-3,9-15,19,30,33,37,42,54,59H,4-8,16-18,20-29,31-32,34H2,1H3,(H,55,56)(H,57,66)(H,58,70)(H,62,69)(H,67,68)(H3,53,60,63,64,71). The van der Waals surface area contributed by atoms with Crippen LogP contribution in [0.1, 0.15) is 78.5 Å². The molecule has 0 saturated carbocycles. The van der Waals surface area contributed by atoms with Gasteiger partial charge < -0.3 is 61.9 Å². The summed E-state index contributed by atoms with van der Waals surface area (Å²) < 4.78 is 17.5. The number of aromatic amines is 1. The van der Waals surface area contributed by atoms with Gasteiger partial charge in [-0.25, -0.2) is 15.0 Å². The minimum Gasteiger partial charge on any atom is -0.494 e. The molecule has 0 fully saturated rings. The van der Waals surface area contributed by atoms with Crippen LogP contribution in [0.5, 0.6) is 5.75 Å². The number of nitrogens with two attached hydrogens (primary N) is 1. The number of aliphatic carboxylic acids is 1. The largest absolute Gasteiger partial charge is 0.494 e. The van der Waals surface area contributed by atoms with Crippen LogP contribution in [0.4, 0.5) is 17.5 Å². The molecule has 10 N–H and O–H groups in total. The van der Waals surface area contributed by atoms with E-state index in [0.717, 1.165) is 36.3 Å². The quantitative estimate of drug-likeness (QED) is 0.0273. The van der Waals surface area contributed by atoms with Gasteiger partial charge in [0.1, 0.15) is 17.6 Å². The Morgan fingerprint density at radius 2 is 1.59 bits per heavy atom. The van der Waals surface area contributed by atoms with Crippen molar-refractivity contribution in [3.05, 3.63) is 106 Å². The maximum atomic E-state index is 13.7. The van der Waals surface area contributed by atoms with E-state index >= 15 is 0 Å². The van der Waals surface area contributed by atoms with E-state index in [1.54, 1.807) is 35.4 Å². The number of nitrogens with zero attached hydrogens (tertiary/aromatic N) is 5. The molecule has 5 aromatic rings. The summed E-state index contributed by atoms with van der Waals surface area (Å²) in [4.78, 5) is 98.4. The maximum Gasteiger partial charge on any atom is 0.304 e. The first-order valence-electron chi connectivity index (χ1n) is 25.4. The molecule has 1 aliphatic rings. The lowest BCUT2D eigenvalue weighted by atomic mass is 9.94. The van der Waals surface area contributed by atoms with Crippen molar-refractivity contribution in [2.24, 2.45) is 5.92 Å². The predicted octanol–water partition coefficient (Wildman–Crippen LogP) is 2.78. The van der Waals surface area contributed by atoms with Crippen LogP contribution in [-0.4, -0.2) is 143 Å². The fourth-order valence-corrected chi connectivity index (χ4v) is 8.12. The number of hydrogen-bond acceptors (Lipinski definition) is 17. The summed E-state index contributed by atoms with van der Waals surface area (Å²) in [5.74, 6) is -1.78. The van der Waals surface area contributed by atoms with Crippen molar-refractivity contribution in [1.29, 1.82) is 0 Å². The first-order chi connectivity index (χ1) is 36.4. The molecule has 75 heavy (non-hydrogen) atoms. The van der Waals surface area contributed by atoms with Gasteiger partial charge in [-0.3, -0.25) is 33.8 Å². The average molecular weight is 1040 g/mol. The third-order valence-corrected chi connectivity index (χ3v) is 12.0. The van der Waals surface area contributed by atoms with E-state index in [1.807, 2.05) is 43.4 Å². The summed E-state index contributed by atoms with van der Waals surface area (Å²) in [6, 6.07) is 16.9. The number of pyridine rings is 1. The molecular weight excluding hydrogens is 967 g/mol. The molecule has 402 valence electrons. The summed E-state index contributed by atoms with van der Waals surface area (Å²) in [6.45, 7) is 5.27. The highest BCUT2D eigenvalue weighted by Crippen LogP contribution is 2.28.